The first-order valence-electron chi connectivity index (χ1n) is 7.05. The number of hydrogen-bond donors (Lipinski definition) is 1. The first-order valence-corrected chi connectivity index (χ1v) is 9.57. The van der Waals surface area contributed by atoms with Gasteiger partial charge in [0, 0.05) is 16.8 Å². The predicted octanol–water partition coefficient (Wildman–Crippen LogP) is 5.29. The van der Waals surface area contributed by atoms with E-state index >= 15 is 0 Å². The summed E-state index contributed by atoms with van der Waals surface area (Å²) in [4.78, 5) is 11.8. The maximum Gasteiger partial charge on any atom is 0.225 e. The molecule has 3 nitrogen and oxygen atoms in total. The van der Waals surface area contributed by atoms with E-state index < -0.39 is 0 Å². The third-order valence-corrected chi connectivity index (χ3v) is 6.20. The molecule has 0 aliphatic rings. The molecular formula is C15H17N3S3. The van der Waals surface area contributed by atoms with Crippen LogP contribution in [0.25, 0.3) is 10.2 Å². The van der Waals surface area contributed by atoms with Crippen molar-refractivity contribution in [3.63, 3.8) is 0 Å². The van der Waals surface area contributed by atoms with E-state index in [1.165, 1.54) is 14.5 Å². The smallest absolute Gasteiger partial charge is 0.225 e. The fourth-order valence-corrected chi connectivity index (χ4v) is 4.74. The molecule has 0 bridgehead atoms. The number of thiophene rings is 2. The average molecular weight is 336 g/mol. The first kappa shape index (κ1) is 14.8. The Labute approximate surface area is 136 Å². The van der Waals surface area contributed by atoms with Crippen LogP contribution in [0.15, 0.2) is 32.8 Å². The quantitative estimate of drug-likeness (QED) is 0.621. The molecular weight excluding hydrogens is 318 g/mol. The molecule has 0 saturated carbocycles. The summed E-state index contributed by atoms with van der Waals surface area (Å²) in [5.41, 5.74) is 0. The molecule has 1 N–H and O–H groups in total. The molecule has 0 atom stereocenters. The van der Waals surface area contributed by atoms with Gasteiger partial charge in [0.25, 0.3) is 0 Å². The second-order valence-corrected chi connectivity index (χ2v) is 7.95. The summed E-state index contributed by atoms with van der Waals surface area (Å²) < 4.78 is 1.26. The molecule has 0 amide bonds. The summed E-state index contributed by atoms with van der Waals surface area (Å²) in [5, 5.41) is 7.64. The molecule has 6 heteroatoms. The fourth-order valence-electron chi connectivity index (χ4n) is 1.93. The van der Waals surface area contributed by atoms with E-state index in [-0.39, 0.29) is 0 Å². The van der Waals surface area contributed by atoms with E-state index in [2.05, 4.69) is 47.7 Å². The van der Waals surface area contributed by atoms with Gasteiger partial charge >= 0.3 is 0 Å². The van der Waals surface area contributed by atoms with E-state index in [1.54, 1.807) is 34.4 Å². The van der Waals surface area contributed by atoms with E-state index in [9.17, 15) is 0 Å². The Morgan fingerprint density at radius 2 is 2.19 bits per heavy atom. The number of nitrogens with one attached hydrogen (secondary N) is 1. The Morgan fingerprint density at radius 1 is 1.29 bits per heavy atom. The largest absolute Gasteiger partial charge is 0.354 e. The Kier molecular flexibility index (Phi) is 4.77. The van der Waals surface area contributed by atoms with Gasteiger partial charge in [-0.25, -0.2) is 9.97 Å². The Morgan fingerprint density at radius 3 is 2.90 bits per heavy atom. The molecule has 0 aliphatic heterocycles. The molecule has 0 saturated heterocycles. The highest BCUT2D eigenvalue weighted by atomic mass is 32.2. The lowest BCUT2D eigenvalue weighted by molar-refractivity contribution is 0.947. The number of fused-ring (bicyclic) bond motifs is 1. The van der Waals surface area contributed by atoms with E-state index in [4.69, 9.17) is 4.98 Å². The van der Waals surface area contributed by atoms with Gasteiger partial charge in [-0.05, 0) is 30.4 Å². The first-order chi connectivity index (χ1) is 10.3. The molecule has 0 spiro atoms. The standard InChI is InChI=1S/C15H17N3S3/c1-3-7-16-15-17-13-11(9-10(4-2)20-13)14(18-15)21-12-6-5-8-19-12/h5-6,8-9H,3-4,7H2,1-2H3,(H,16,17,18). The summed E-state index contributed by atoms with van der Waals surface area (Å²) in [6.45, 7) is 5.23. The average Bonchev–Trinajstić information content (AvgIpc) is 3.13. The number of rotatable bonds is 6. The second kappa shape index (κ2) is 6.77. The molecule has 3 rings (SSSR count). The van der Waals surface area contributed by atoms with Crippen LogP contribution in [0.2, 0.25) is 0 Å². The Hall–Kier alpha value is -1.11. The topological polar surface area (TPSA) is 37.8 Å². The van der Waals surface area contributed by atoms with Crippen LogP contribution in [0.4, 0.5) is 5.95 Å². The van der Waals surface area contributed by atoms with Crippen molar-refractivity contribution in [2.45, 2.75) is 35.9 Å². The second-order valence-electron chi connectivity index (χ2n) is 4.60. The normalized spacial score (nSPS) is 11.1. The van der Waals surface area contributed by atoms with Gasteiger partial charge in [-0.3, -0.25) is 0 Å². The van der Waals surface area contributed by atoms with Crippen LogP contribution in [0, 0.1) is 0 Å². The minimum absolute atomic E-state index is 0.743. The van der Waals surface area contributed by atoms with E-state index in [0.29, 0.717) is 0 Å². The maximum atomic E-state index is 4.71. The van der Waals surface area contributed by atoms with Gasteiger partial charge in [-0.1, -0.05) is 31.7 Å². The SMILES string of the molecule is CCCNc1nc(Sc2cccs2)c2cc(CC)sc2n1. The number of aryl methyl sites for hydroxylation is 1. The van der Waals surface area contributed by atoms with Gasteiger partial charge in [0.1, 0.15) is 9.86 Å². The lowest BCUT2D eigenvalue weighted by atomic mass is 10.3. The van der Waals surface area contributed by atoms with Gasteiger partial charge in [0.15, 0.2) is 0 Å². The number of nitrogens with zero attached hydrogens (tertiary/aromatic N) is 2. The van der Waals surface area contributed by atoms with Gasteiger partial charge in [-0.15, -0.1) is 22.7 Å². The number of aromatic nitrogens is 2. The monoisotopic (exact) mass is 335 g/mol. The number of anilines is 1. The summed E-state index contributed by atoms with van der Waals surface area (Å²) in [6.07, 6.45) is 2.11. The van der Waals surface area contributed by atoms with Gasteiger partial charge in [-0.2, -0.15) is 0 Å². The lowest BCUT2D eigenvalue weighted by Crippen LogP contribution is -2.04. The van der Waals surface area contributed by atoms with E-state index in [1.807, 2.05) is 0 Å². The van der Waals surface area contributed by atoms with Crippen LogP contribution in [0.5, 0.6) is 0 Å². The van der Waals surface area contributed by atoms with Crippen molar-refractivity contribution in [3.05, 3.63) is 28.5 Å². The molecule has 0 radical (unpaired) electrons. The molecule has 0 fully saturated rings. The zero-order valence-corrected chi connectivity index (χ0v) is 14.5. The summed E-state index contributed by atoms with van der Waals surface area (Å²) in [7, 11) is 0. The molecule has 3 heterocycles. The van der Waals surface area contributed by atoms with Crippen molar-refractivity contribution in [2.24, 2.45) is 0 Å². The van der Waals surface area contributed by atoms with Crippen LogP contribution in [0.3, 0.4) is 0 Å². The van der Waals surface area contributed by atoms with Crippen LogP contribution >= 0.6 is 34.4 Å². The van der Waals surface area contributed by atoms with Crippen molar-refractivity contribution in [2.75, 3.05) is 11.9 Å². The van der Waals surface area contributed by atoms with Gasteiger partial charge in [0.2, 0.25) is 5.95 Å². The van der Waals surface area contributed by atoms with Crippen LogP contribution < -0.4 is 5.32 Å². The molecule has 3 aromatic rings. The highest BCUT2D eigenvalue weighted by molar-refractivity contribution is 8.01. The highest BCUT2D eigenvalue weighted by Gasteiger charge is 2.13. The van der Waals surface area contributed by atoms with Crippen LogP contribution in [-0.4, -0.2) is 16.5 Å². The molecule has 3 aromatic heterocycles. The van der Waals surface area contributed by atoms with Gasteiger partial charge < -0.3 is 5.32 Å². The predicted molar refractivity (Wildman–Crippen MR) is 94.0 cm³/mol. The zero-order valence-electron chi connectivity index (χ0n) is 12.0. The minimum atomic E-state index is 0.743. The maximum absolute atomic E-state index is 4.71. The van der Waals surface area contributed by atoms with Crippen molar-refractivity contribution < 1.29 is 0 Å². The van der Waals surface area contributed by atoms with Crippen LogP contribution in [0.1, 0.15) is 25.1 Å². The summed E-state index contributed by atoms with van der Waals surface area (Å²) in [6, 6.07) is 6.45. The third kappa shape index (κ3) is 3.39. The Bertz CT molecular complexity index is 719. The third-order valence-electron chi connectivity index (χ3n) is 2.98. The Balaban J connectivity index is 2.02. The van der Waals surface area contributed by atoms with Crippen molar-refractivity contribution in [1.29, 1.82) is 0 Å². The van der Waals surface area contributed by atoms with Crippen LogP contribution in [-0.2, 0) is 6.42 Å². The molecule has 0 aliphatic carbocycles. The molecule has 110 valence electrons. The van der Waals surface area contributed by atoms with Crippen molar-refractivity contribution >= 4 is 50.6 Å². The minimum Gasteiger partial charge on any atom is -0.354 e. The van der Waals surface area contributed by atoms with E-state index in [0.717, 1.165) is 35.2 Å². The zero-order chi connectivity index (χ0) is 14.7. The number of hydrogen-bond acceptors (Lipinski definition) is 6. The molecule has 21 heavy (non-hydrogen) atoms. The lowest BCUT2D eigenvalue weighted by Gasteiger charge is -2.06. The van der Waals surface area contributed by atoms with Crippen molar-refractivity contribution in [3.8, 4) is 0 Å². The fraction of sp³-hybridized carbons (Fsp3) is 0.333. The molecule has 0 unspecified atom stereocenters. The highest BCUT2D eigenvalue weighted by Crippen LogP contribution is 2.37. The summed E-state index contributed by atoms with van der Waals surface area (Å²) in [5.74, 6) is 0.743. The molecule has 0 aromatic carbocycles. The summed E-state index contributed by atoms with van der Waals surface area (Å²) >= 11 is 5.25. The van der Waals surface area contributed by atoms with Gasteiger partial charge in [0.05, 0.1) is 4.21 Å². The van der Waals surface area contributed by atoms with Crippen molar-refractivity contribution in [1.82, 2.24) is 9.97 Å².